The van der Waals surface area contributed by atoms with Gasteiger partial charge in [0.15, 0.2) is 5.78 Å². The number of aliphatic carboxylic acids is 1. The van der Waals surface area contributed by atoms with Crippen LogP contribution in [0.1, 0.15) is 57.8 Å². The zero-order valence-electron chi connectivity index (χ0n) is 17.7. The first-order valence-corrected chi connectivity index (χ1v) is 11.2. The summed E-state index contributed by atoms with van der Waals surface area (Å²) in [6.45, 7) is -0.884. The van der Waals surface area contributed by atoms with E-state index < -0.39 is 24.6 Å². The van der Waals surface area contributed by atoms with Crippen LogP contribution in [0.4, 0.5) is 21.0 Å². The van der Waals surface area contributed by atoms with E-state index in [0.29, 0.717) is 11.4 Å². The van der Waals surface area contributed by atoms with Crippen LogP contribution >= 0.6 is 0 Å². The van der Waals surface area contributed by atoms with Crippen LogP contribution < -0.4 is 9.80 Å². The Morgan fingerprint density at radius 2 is 1.42 bits per heavy atom. The Bertz CT molecular complexity index is 874. The third kappa shape index (κ3) is 4.29. The number of carboxylic acids is 1. The summed E-state index contributed by atoms with van der Waals surface area (Å²) in [5, 5.41) is 9.40. The number of rotatable bonds is 6. The van der Waals surface area contributed by atoms with Gasteiger partial charge in [-0.2, -0.15) is 0 Å². The molecule has 0 bridgehead atoms. The Hall–Kier alpha value is -2.90. The molecule has 0 atom stereocenters. The molecule has 1 aromatic carbocycles. The van der Waals surface area contributed by atoms with E-state index in [0.717, 1.165) is 62.7 Å². The van der Waals surface area contributed by atoms with Crippen molar-refractivity contribution in [3.8, 4) is 0 Å². The highest BCUT2D eigenvalue weighted by atomic mass is 16.4. The molecule has 1 heterocycles. The molecule has 0 aromatic heterocycles. The van der Waals surface area contributed by atoms with Gasteiger partial charge in [0.25, 0.3) is 0 Å². The topological polar surface area (TPSA) is 98.2 Å². The minimum atomic E-state index is -1.27. The number of carboxylic acid groups (broad SMARTS) is 1. The second-order valence-corrected chi connectivity index (χ2v) is 8.73. The number of urea groups is 2. The summed E-state index contributed by atoms with van der Waals surface area (Å²) in [6, 6.07) is 5.63. The third-order valence-electron chi connectivity index (χ3n) is 6.69. The van der Waals surface area contributed by atoms with Gasteiger partial charge in [-0.25, -0.2) is 14.5 Å². The summed E-state index contributed by atoms with van der Waals surface area (Å²) in [7, 11) is 0. The number of carbonyl (C=O) groups is 4. The number of hydrogen-bond donors (Lipinski definition) is 1. The summed E-state index contributed by atoms with van der Waals surface area (Å²) in [5.41, 5.74) is 1.06. The van der Waals surface area contributed by atoms with E-state index in [2.05, 4.69) is 0 Å². The summed E-state index contributed by atoms with van der Waals surface area (Å²) < 4.78 is 0. The number of amides is 4. The lowest BCUT2D eigenvalue weighted by Crippen LogP contribution is -2.54. The number of Topliss-reactive ketones (excluding diaryl/α,β-unsaturated/α-hetero) is 1. The molecule has 0 unspecified atom stereocenters. The molecule has 0 saturated heterocycles. The molecule has 166 valence electrons. The SMILES string of the molecule is O=C(O)CN1C(=O)N(CC(=O)C2CCCC2)c2ccccc2N(C2CCCCC2)C1=O. The van der Waals surface area contributed by atoms with Gasteiger partial charge in [-0.3, -0.25) is 19.4 Å². The number of para-hydroxylation sites is 2. The number of carbonyl (C=O) groups excluding carboxylic acids is 3. The summed E-state index contributed by atoms with van der Waals surface area (Å²) in [6.07, 6.45) is 8.29. The summed E-state index contributed by atoms with van der Waals surface area (Å²) in [4.78, 5) is 55.1. The average Bonchev–Trinajstić information content (AvgIpc) is 3.29. The van der Waals surface area contributed by atoms with Crippen molar-refractivity contribution in [3.05, 3.63) is 24.3 Å². The van der Waals surface area contributed by atoms with Gasteiger partial charge in [-0.15, -0.1) is 0 Å². The van der Waals surface area contributed by atoms with Gasteiger partial charge >= 0.3 is 18.0 Å². The second-order valence-electron chi connectivity index (χ2n) is 8.73. The van der Waals surface area contributed by atoms with E-state index >= 15 is 0 Å². The molecule has 8 nitrogen and oxygen atoms in total. The average molecular weight is 428 g/mol. The van der Waals surface area contributed by atoms with Crippen molar-refractivity contribution in [1.82, 2.24) is 4.90 Å². The number of anilines is 2. The van der Waals surface area contributed by atoms with E-state index in [4.69, 9.17) is 0 Å². The van der Waals surface area contributed by atoms with Crippen LogP contribution in [0, 0.1) is 5.92 Å². The zero-order chi connectivity index (χ0) is 22.0. The largest absolute Gasteiger partial charge is 0.480 e. The predicted octanol–water partition coefficient (Wildman–Crippen LogP) is 4.03. The molecule has 2 fully saturated rings. The van der Waals surface area contributed by atoms with Gasteiger partial charge in [0.05, 0.1) is 17.9 Å². The predicted molar refractivity (Wildman–Crippen MR) is 115 cm³/mol. The molecule has 2 saturated carbocycles. The maximum Gasteiger partial charge on any atom is 0.333 e. The fourth-order valence-electron chi connectivity index (χ4n) is 5.11. The van der Waals surface area contributed by atoms with E-state index in [9.17, 15) is 24.3 Å². The molecule has 0 radical (unpaired) electrons. The van der Waals surface area contributed by atoms with Crippen LogP contribution in [-0.2, 0) is 9.59 Å². The van der Waals surface area contributed by atoms with Crippen molar-refractivity contribution in [2.75, 3.05) is 22.9 Å². The van der Waals surface area contributed by atoms with Crippen molar-refractivity contribution in [2.24, 2.45) is 5.92 Å². The zero-order valence-corrected chi connectivity index (χ0v) is 17.7. The summed E-state index contributed by atoms with van der Waals surface area (Å²) >= 11 is 0. The molecule has 31 heavy (non-hydrogen) atoms. The van der Waals surface area contributed by atoms with Crippen LogP contribution in [0.2, 0.25) is 0 Å². The van der Waals surface area contributed by atoms with Crippen molar-refractivity contribution in [1.29, 1.82) is 0 Å². The van der Waals surface area contributed by atoms with Crippen LogP contribution in [0.5, 0.6) is 0 Å². The van der Waals surface area contributed by atoms with Crippen molar-refractivity contribution < 1.29 is 24.3 Å². The van der Waals surface area contributed by atoms with Crippen LogP contribution in [0.3, 0.4) is 0 Å². The number of ketones is 1. The molecule has 4 amide bonds. The maximum absolute atomic E-state index is 13.5. The lowest BCUT2D eigenvalue weighted by molar-refractivity contribution is -0.137. The molecule has 1 aromatic rings. The first kappa shape index (κ1) is 21.3. The van der Waals surface area contributed by atoms with Gasteiger partial charge < -0.3 is 5.11 Å². The van der Waals surface area contributed by atoms with E-state index in [1.165, 1.54) is 4.90 Å². The van der Waals surface area contributed by atoms with Gasteiger partial charge in [0.1, 0.15) is 6.54 Å². The van der Waals surface area contributed by atoms with E-state index in [1.54, 1.807) is 29.2 Å². The molecule has 4 rings (SSSR count). The smallest absolute Gasteiger partial charge is 0.333 e. The third-order valence-corrected chi connectivity index (χ3v) is 6.69. The quantitative estimate of drug-likeness (QED) is 0.739. The minimum Gasteiger partial charge on any atom is -0.480 e. The first-order chi connectivity index (χ1) is 15.0. The monoisotopic (exact) mass is 427 g/mol. The lowest BCUT2D eigenvalue weighted by atomic mass is 9.93. The fraction of sp³-hybridized carbons (Fsp3) is 0.565. The molecule has 2 aliphatic carbocycles. The fourth-order valence-corrected chi connectivity index (χ4v) is 5.11. The number of fused-ring (bicyclic) bond motifs is 1. The van der Waals surface area contributed by atoms with Gasteiger partial charge in [-0.1, -0.05) is 44.2 Å². The van der Waals surface area contributed by atoms with Gasteiger partial charge in [0, 0.05) is 12.0 Å². The highest BCUT2D eigenvalue weighted by molar-refractivity contribution is 6.15. The molecular formula is C23H29N3O5. The van der Waals surface area contributed by atoms with E-state index in [1.807, 2.05) is 0 Å². The van der Waals surface area contributed by atoms with Crippen molar-refractivity contribution in [2.45, 2.75) is 63.8 Å². The molecule has 8 heteroatoms. The summed E-state index contributed by atoms with van der Waals surface area (Å²) in [5.74, 6) is -1.38. The van der Waals surface area contributed by atoms with Gasteiger partial charge in [0.2, 0.25) is 0 Å². The van der Waals surface area contributed by atoms with Crippen LogP contribution in [-0.4, -0.2) is 53.0 Å². The Kier molecular flexibility index (Phi) is 6.25. The number of benzene rings is 1. The van der Waals surface area contributed by atoms with Gasteiger partial charge in [-0.05, 0) is 37.8 Å². The van der Waals surface area contributed by atoms with Crippen LogP contribution in [0.15, 0.2) is 24.3 Å². The molecular weight excluding hydrogens is 398 g/mol. The van der Waals surface area contributed by atoms with Crippen molar-refractivity contribution in [3.63, 3.8) is 0 Å². The number of hydrogen-bond acceptors (Lipinski definition) is 4. The molecule has 1 N–H and O–H groups in total. The Balaban J connectivity index is 1.75. The normalized spacial score (nSPS) is 20.7. The van der Waals surface area contributed by atoms with Crippen molar-refractivity contribution >= 4 is 35.2 Å². The highest BCUT2D eigenvalue weighted by Gasteiger charge is 2.42. The number of imide groups is 1. The molecule has 0 spiro atoms. The van der Waals surface area contributed by atoms with E-state index in [-0.39, 0.29) is 24.3 Å². The first-order valence-electron chi connectivity index (χ1n) is 11.2. The number of nitrogens with zero attached hydrogens (tertiary/aromatic N) is 3. The lowest BCUT2D eigenvalue weighted by Gasteiger charge is -2.35. The standard InChI is InChI=1S/C23H29N3O5/c27-20(16-8-4-5-9-16)14-24-18-12-6-7-13-19(18)26(17-10-2-1-3-11-17)23(31)25(22(24)30)15-21(28)29/h6-7,12-13,16-17H,1-5,8-11,14-15H2,(H,28,29). The highest BCUT2D eigenvalue weighted by Crippen LogP contribution is 2.38. The maximum atomic E-state index is 13.5. The van der Waals surface area contributed by atoms with Crippen LogP contribution in [0.25, 0.3) is 0 Å². The molecule has 3 aliphatic rings. The minimum absolute atomic E-state index is 0.0329. The molecule has 1 aliphatic heterocycles. The second kappa shape index (κ2) is 9.08. The Morgan fingerprint density at radius 3 is 2.06 bits per heavy atom. The Morgan fingerprint density at radius 1 is 0.806 bits per heavy atom. The Labute approximate surface area is 181 Å².